The molecular weight excluding hydrogens is 150 g/mol. The van der Waals surface area contributed by atoms with Gasteiger partial charge in [-0.15, -0.1) is 0 Å². The fourth-order valence-electron chi connectivity index (χ4n) is 1.63. The highest BCUT2D eigenvalue weighted by Gasteiger charge is 2.33. The zero-order valence-corrected chi connectivity index (χ0v) is 8.80. The number of aliphatic hydroxyl groups is 1. The van der Waals surface area contributed by atoms with E-state index in [4.69, 9.17) is 10.8 Å². The molecule has 0 heterocycles. The van der Waals surface area contributed by atoms with Crippen LogP contribution < -0.4 is 5.73 Å². The summed E-state index contributed by atoms with van der Waals surface area (Å²) in [5, 5.41) is 8.94. The average Bonchev–Trinajstić information content (AvgIpc) is 2.03. The van der Waals surface area contributed by atoms with E-state index in [1.807, 2.05) is 6.92 Å². The summed E-state index contributed by atoms with van der Waals surface area (Å²) in [4.78, 5) is 0. The second-order valence-electron chi connectivity index (χ2n) is 4.08. The Morgan fingerprint density at radius 2 is 1.92 bits per heavy atom. The van der Waals surface area contributed by atoms with Gasteiger partial charge in [-0.2, -0.15) is 0 Å². The minimum Gasteiger partial charge on any atom is -0.396 e. The number of nitrogens with two attached hydrogens (primary N) is 1. The Morgan fingerprint density at radius 1 is 1.42 bits per heavy atom. The molecule has 0 saturated carbocycles. The molecule has 0 rings (SSSR count). The molecule has 0 aliphatic carbocycles. The van der Waals surface area contributed by atoms with E-state index in [0.717, 1.165) is 12.8 Å². The quantitative estimate of drug-likeness (QED) is 0.665. The van der Waals surface area contributed by atoms with Crippen molar-refractivity contribution in [2.24, 2.45) is 17.1 Å². The van der Waals surface area contributed by atoms with Crippen molar-refractivity contribution in [2.75, 3.05) is 6.61 Å². The van der Waals surface area contributed by atoms with E-state index in [1.54, 1.807) is 0 Å². The van der Waals surface area contributed by atoms with Crippen LogP contribution >= 0.6 is 0 Å². The van der Waals surface area contributed by atoms with Gasteiger partial charge in [-0.3, -0.25) is 0 Å². The topological polar surface area (TPSA) is 46.2 Å². The molecule has 0 aromatic heterocycles. The van der Waals surface area contributed by atoms with Crippen molar-refractivity contribution in [3.05, 3.63) is 0 Å². The van der Waals surface area contributed by atoms with Gasteiger partial charge in [0.2, 0.25) is 0 Å². The summed E-state index contributed by atoms with van der Waals surface area (Å²) >= 11 is 0. The van der Waals surface area contributed by atoms with Gasteiger partial charge in [-0.05, 0) is 24.7 Å². The SMILES string of the molecule is CCC(C)C(C)(CCO)C(C)N. The van der Waals surface area contributed by atoms with E-state index in [2.05, 4.69) is 20.8 Å². The summed E-state index contributed by atoms with van der Waals surface area (Å²) in [6.07, 6.45) is 1.93. The third-order valence-electron chi connectivity index (χ3n) is 3.43. The molecule has 0 aliphatic rings. The monoisotopic (exact) mass is 173 g/mol. The first-order valence-electron chi connectivity index (χ1n) is 4.85. The summed E-state index contributed by atoms with van der Waals surface area (Å²) in [6.45, 7) is 8.81. The van der Waals surface area contributed by atoms with Crippen LogP contribution in [0.1, 0.15) is 40.5 Å². The van der Waals surface area contributed by atoms with Crippen LogP contribution in [0.25, 0.3) is 0 Å². The molecule has 0 amide bonds. The maximum atomic E-state index is 8.94. The molecule has 74 valence electrons. The first-order valence-corrected chi connectivity index (χ1v) is 4.85. The van der Waals surface area contributed by atoms with Crippen LogP contribution in [0.2, 0.25) is 0 Å². The van der Waals surface area contributed by atoms with Gasteiger partial charge in [0.05, 0.1) is 0 Å². The molecule has 2 heteroatoms. The third-order valence-corrected chi connectivity index (χ3v) is 3.43. The van der Waals surface area contributed by atoms with Gasteiger partial charge >= 0.3 is 0 Å². The summed E-state index contributed by atoms with van der Waals surface area (Å²) < 4.78 is 0. The lowest BCUT2D eigenvalue weighted by molar-refractivity contribution is 0.107. The lowest BCUT2D eigenvalue weighted by Crippen LogP contribution is -2.42. The second kappa shape index (κ2) is 4.83. The van der Waals surface area contributed by atoms with Crippen molar-refractivity contribution >= 4 is 0 Å². The molecule has 3 atom stereocenters. The molecule has 0 fully saturated rings. The smallest absolute Gasteiger partial charge is 0.0436 e. The minimum atomic E-state index is 0.0868. The van der Waals surface area contributed by atoms with E-state index < -0.39 is 0 Å². The van der Waals surface area contributed by atoms with Gasteiger partial charge in [-0.1, -0.05) is 27.2 Å². The number of aliphatic hydroxyl groups excluding tert-OH is 1. The van der Waals surface area contributed by atoms with Crippen LogP contribution in [-0.4, -0.2) is 17.8 Å². The molecule has 2 nitrogen and oxygen atoms in total. The van der Waals surface area contributed by atoms with Crippen LogP contribution in [-0.2, 0) is 0 Å². The van der Waals surface area contributed by atoms with Crippen LogP contribution in [0.4, 0.5) is 0 Å². The van der Waals surface area contributed by atoms with E-state index in [-0.39, 0.29) is 18.1 Å². The molecular formula is C10H23NO. The highest BCUT2D eigenvalue weighted by molar-refractivity contribution is 4.86. The van der Waals surface area contributed by atoms with E-state index in [9.17, 15) is 0 Å². The fraction of sp³-hybridized carbons (Fsp3) is 1.00. The highest BCUT2D eigenvalue weighted by Crippen LogP contribution is 2.35. The number of rotatable bonds is 5. The Morgan fingerprint density at radius 3 is 2.17 bits per heavy atom. The molecule has 0 aliphatic heterocycles. The molecule has 3 unspecified atom stereocenters. The van der Waals surface area contributed by atoms with E-state index in [0.29, 0.717) is 5.92 Å². The van der Waals surface area contributed by atoms with Crippen molar-refractivity contribution in [2.45, 2.75) is 46.6 Å². The first kappa shape index (κ1) is 11.9. The largest absolute Gasteiger partial charge is 0.396 e. The van der Waals surface area contributed by atoms with Gasteiger partial charge in [0.25, 0.3) is 0 Å². The molecule has 0 saturated heterocycles. The normalized spacial score (nSPS) is 21.5. The first-order chi connectivity index (χ1) is 5.49. The molecule has 3 N–H and O–H groups in total. The van der Waals surface area contributed by atoms with Crippen LogP contribution in [0.3, 0.4) is 0 Å². The van der Waals surface area contributed by atoms with Crippen molar-refractivity contribution in [3.8, 4) is 0 Å². The highest BCUT2D eigenvalue weighted by atomic mass is 16.3. The Hall–Kier alpha value is -0.0800. The molecule has 0 aromatic carbocycles. The van der Waals surface area contributed by atoms with Crippen molar-refractivity contribution in [3.63, 3.8) is 0 Å². The van der Waals surface area contributed by atoms with Crippen molar-refractivity contribution in [1.82, 2.24) is 0 Å². The zero-order chi connectivity index (χ0) is 9.78. The van der Waals surface area contributed by atoms with Gasteiger partial charge in [0.1, 0.15) is 0 Å². The minimum absolute atomic E-state index is 0.0868. The van der Waals surface area contributed by atoms with Crippen molar-refractivity contribution < 1.29 is 5.11 Å². The molecule has 12 heavy (non-hydrogen) atoms. The molecule has 0 spiro atoms. The van der Waals surface area contributed by atoms with Crippen LogP contribution in [0, 0.1) is 11.3 Å². The second-order valence-corrected chi connectivity index (χ2v) is 4.08. The Kier molecular flexibility index (Phi) is 4.80. The number of hydrogen-bond donors (Lipinski definition) is 2. The Labute approximate surface area is 76.2 Å². The number of hydrogen-bond acceptors (Lipinski definition) is 2. The fourth-order valence-corrected chi connectivity index (χ4v) is 1.63. The van der Waals surface area contributed by atoms with Crippen molar-refractivity contribution in [1.29, 1.82) is 0 Å². The summed E-state index contributed by atoms with van der Waals surface area (Å²) in [6, 6.07) is 0.152. The van der Waals surface area contributed by atoms with E-state index >= 15 is 0 Å². The summed E-state index contributed by atoms with van der Waals surface area (Å²) in [5.41, 5.74) is 6.01. The van der Waals surface area contributed by atoms with Gasteiger partial charge in [0.15, 0.2) is 0 Å². The maximum Gasteiger partial charge on any atom is 0.0436 e. The summed E-state index contributed by atoms with van der Waals surface area (Å²) in [5.74, 6) is 0.574. The maximum absolute atomic E-state index is 8.94. The zero-order valence-electron chi connectivity index (χ0n) is 8.80. The van der Waals surface area contributed by atoms with Gasteiger partial charge in [-0.25, -0.2) is 0 Å². The van der Waals surface area contributed by atoms with Crippen LogP contribution in [0.15, 0.2) is 0 Å². The third kappa shape index (κ3) is 2.46. The average molecular weight is 173 g/mol. The van der Waals surface area contributed by atoms with Gasteiger partial charge < -0.3 is 10.8 Å². The molecule has 0 bridgehead atoms. The van der Waals surface area contributed by atoms with Crippen LogP contribution in [0.5, 0.6) is 0 Å². The molecule has 0 radical (unpaired) electrons. The van der Waals surface area contributed by atoms with E-state index in [1.165, 1.54) is 0 Å². The Bertz CT molecular complexity index is 125. The molecule has 0 aromatic rings. The van der Waals surface area contributed by atoms with Gasteiger partial charge in [0, 0.05) is 12.6 Å². The Balaban J connectivity index is 4.37. The standard InChI is InChI=1S/C10H23NO/c1-5-8(2)10(4,6-7-12)9(3)11/h8-9,12H,5-7,11H2,1-4H3. The predicted octanol–water partition coefficient (Wildman–Crippen LogP) is 1.77. The lowest BCUT2D eigenvalue weighted by Gasteiger charge is -2.38. The lowest BCUT2D eigenvalue weighted by atomic mass is 9.70. The summed E-state index contributed by atoms with van der Waals surface area (Å²) in [7, 11) is 0. The predicted molar refractivity (Wildman–Crippen MR) is 52.9 cm³/mol.